The Morgan fingerprint density at radius 1 is 1.35 bits per heavy atom. The highest BCUT2D eigenvalue weighted by Crippen LogP contribution is 2.29. The Balaban J connectivity index is 2.49. The van der Waals surface area contributed by atoms with Gasteiger partial charge in [-0.15, -0.1) is 0 Å². The fourth-order valence-electron chi connectivity index (χ4n) is 1.25. The van der Waals surface area contributed by atoms with E-state index >= 15 is 0 Å². The third-order valence-corrected chi connectivity index (χ3v) is 2.03. The average molecular weight is 238 g/mol. The van der Waals surface area contributed by atoms with Crippen LogP contribution in [0.15, 0.2) is 30.7 Å². The molecule has 2 heterocycles. The number of rotatable bonds is 1. The van der Waals surface area contributed by atoms with Crippen molar-refractivity contribution in [2.45, 2.75) is 6.18 Å². The molecule has 0 bridgehead atoms. The molecule has 2 rings (SSSR count). The monoisotopic (exact) mass is 238 g/mol. The molecule has 0 amide bonds. The molecule has 0 aliphatic carbocycles. The number of aromatic nitrogens is 3. The van der Waals surface area contributed by atoms with Gasteiger partial charge in [0.05, 0.1) is 17.3 Å². The summed E-state index contributed by atoms with van der Waals surface area (Å²) in [6, 6.07) is 4.82. The Morgan fingerprint density at radius 2 is 2.12 bits per heavy atom. The maximum absolute atomic E-state index is 12.4. The van der Waals surface area contributed by atoms with Gasteiger partial charge in [0.15, 0.2) is 5.82 Å². The molecular weight excluding hydrogens is 233 g/mol. The molecule has 0 spiro atoms. The van der Waals surface area contributed by atoms with Gasteiger partial charge in [-0.25, -0.2) is 9.67 Å². The van der Waals surface area contributed by atoms with Gasteiger partial charge in [-0.1, -0.05) is 0 Å². The molecule has 17 heavy (non-hydrogen) atoms. The smallest absolute Gasteiger partial charge is 0.236 e. The highest BCUT2D eigenvalue weighted by atomic mass is 19.4. The topological polar surface area (TPSA) is 54.5 Å². The molecule has 0 saturated heterocycles. The first-order chi connectivity index (χ1) is 8.02. The first-order valence-corrected chi connectivity index (χ1v) is 4.50. The summed E-state index contributed by atoms with van der Waals surface area (Å²) in [5.74, 6) is 0.0745. The molecule has 0 aliphatic rings. The lowest BCUT2D eigenvalue weighted by Crippen LogP contribution is -2.04. The summed E-state index contributed by atoms with van der Waals surface area (Å²) in [6.07, 6.45) is -1.59. The van der Waals surface area contributed by atoms with Crippen LogP contribution in [0, 0.1) is 11.3 Å². The summed E-state index contributed by atoms with van der Waals surface area (Å²) in [7, 11) is 0. The number of nitriles is 1. The lowest BCUT2D eigenvalue weighted by molar-refractivity contribution is -0.137. The maximum atomic E-state index is 12.4. The minimum atomic E-state index is -4.46. The molecule has 0 saturated carbocycles. The summed E-state index contributed by atoms with van der Waals surface area (Å²) < 4.78 is 38.0. The molecule has 0 aliphatic heterocycles. The molecule has 2 aromatic heterocycles. The number of pyridine rings is 1. The van der Waals surface area contributed by atoms with Crippen LogP contribution in [0.1, 0.15) is 11.1 Å². The Bertz CT molecular complexity index is 580. The van der Waals surface area contributed by atoms with Gasteiger partial charge >= 0.3 is 6.18 Å². The predicted molar refractivity (Wildman–Crippen MR) is 51.1 cm³/mol. The summed E-state index contributed by atoms with van der Waals surface area (Å²) in [6.45, 7) is 0. The average Bonchev–Trinajstić information content (AvgIpc) is 2.77. The Morgan fingerprint density at radius 3 is 2.71 bits per heavy atom. The Labute approximate surface area is 93.9 Å². The third kappa shape index (κ3) is 2.10. The second-order valence-corrected chi connectivity index (χ2v) is 3.16. The van der Waals surface area contributed by atoms with Crippen LogP contribution >= 0.6 is 0 Å². The molecule has 4 nitrogen and oxygen atoms in total. The van der Waals surface area contributed by atoms with Crippen molar-refractivity contribution in [2.75, 3.05) is 0 Å². The van der Waals surface area contributed by atoms with Crippen LogP contribution in [0.3, 0.4) is 0 Å². The van der Waals surface area contributed by atoms with Crippen molar-refractivity contribution in [3.63, 3.8) is 0 Å². The van der Waals surface area contributed by atoms with E-state index in [0.29, 0.717) is 6.20 Å². The highest BCUT2D eigenvalue weighted by Gasteiger charge is 2.32. The number of alkyl halides is 3. The molecule has 0 fully saturated rings. The van der Waals surface area contributed by atoms with Crippen LogP contribution in [-0.4, -0.2) is 14.8 Å². The van der Waals surface area contributed by atoms with Crippen LogP contribution < -0.4 is 0 Å². The zero-order chi connectivity index (χ0) is 12.5. The van der Waals surface area contributed by atoms with Crippen LogP contribution in [0.5, 0.6) is 0 Å². The highest BCUT2D eigenvalue weighted by molar-refractivity contribution is 5.42. The van der Waals surface area contributed by atoms with Crippen molar-refractivity contribution < 1.29 is 13.2 Å². The molecule has 2 aromatic rings. The SMILES string of the molecule is N#Cc1cccnc1-n1cc(C(F)(F)F)cn1. The fraction of sp³-hybridized carbons (Fsp3) is 0.100. The van der Waals surface area contributed by atoms with E-state index in [2.05, 4.69) is 10.1 Å². The summed E-state index contributed by atoms with van der Waals surface area (Å²) in [5, 5.41) is 12.3. The third-order valence-electron chi connectivity index (χ3n) is 2.03. The Kier molecular flexibility index (Phi) is 2.55. The zero-order valence-electron chi connectivity index (χ0n) is 8.31. The largest absolute Gasteiger partial charge is 0.419 e. The molecule has 0 unspecified atom stereocenters. The number of halogens is 3. The lowest BCUT2D eigenvalue weighted by Gasteiger charge is -2.02. The van der Waals surface area contributed by atoms with Crippen molar-refractivity contribution in [1.29, 1.82) is 5.26 Å². The van der Waals surface area contributed by atoms with Crippen LogP contribution in [-0.2, 0) is 6.18 Å². The maximum Gasteiger partial charge on any atom is 0.419 e. The summed E-state index contributed by atoms with van der Waals surface area (Å²) in [5.41, 5.74) is -0.726. The first kappa shape index (κ1) is 11.1. The predicted octanol–water partition coefficient (Wildman–Crippen LogP) is 2.16. The van der Waals surface area contributed by atoms with Gasteiger partial charge in [0.1, 0.15) is 6.07 Å². The van der Waals surface area contributed by atoms with Gasteiger partial charge in [0.25, 0.3) is 0 Å². The van der Waals surface area contributed by atoms with Crippen LogP contribution in [0.4, 0.5) is 13.2 Å². The van der Waals surface area contributed by atoms with Gasteiger partial charge in [-0.05, 0) is 12.1 Å². The zero-order valence-corrected chi connectivity index (χ0v) is 8.31. The van der Waals surface area contributed by atoms with Crippen LogP contribution in [0.2, 0.25) is 0 Å². The van der Waals surface area contributed by atoms with Crippen molar-refractivity contribution >= 4 is 0 Å². The van der Waals surface area contributed by atoms with Gasteiger partial charge in [-0.2, -0.15) is 23.5 Å². The summed E-state index contributed by atoms with van der Waals surface area (Å²) in [4.78, 5) is 3.83. The van der Waals surface area contributed by atoms with E-state index in [1.165, 1.54) is 18.3 Å². The van der Waals surface area contributed by atoms with E-state index in [1.54, 1.807) is 0 Å². The minimum absolute atomic E-state index is 0.0745. The van der Waals surface area contributed by atoms with E-state index in [4.69, 9.17) is 5.26 Å². The molecule has 86 valence electrons. The van der Waals surface area contributed by atoms with Gasteiger partial charge in [0, 0.05) is 12.4 Å². The molecule has 0 aromatic carbocycles. The minimum Gasteiger partial charge on any atom is -0.236 e. The second kappa shape index (κ2) is 3.90. The summed E-state index contributed by atoms with van der Waals surface area (Å²) >= 11 is 0. The number of nitrogens with zero attached hydrogens (tertiary/aromatic N) is 4. The lowest BCUT2D eigenvalue weighted by atomic mass is 10.3. The van der Waals surface area contributed by atoms with Gasteiger partial charge in [-0.3, -0.25) is 0 Å². The molecule has 0 radical (unpaired) electrons. The van der Waals surface area contributed by atoms with E-state index in [9.17, 15) is 13.2 Å². The van der Waals surface area contributed by atoms with E-state index in [1.807, 2.05) is 6.07 Å². The van der Waals surface area contributed by atoms with Crippen molar-refractivity contribution in [3.05, 3.63) is 41.9 Å². The quantitative estimate of drug-likeness (QED) is 0.764. The number of hydrogen-bond acceptors (Lipinski definition) is 3. The fourth-order valence-corrected chi connectivity index (χ4v) is 1.25. The second-order valence-electron chi connectivity index (χ2n) is 3.16. The van der Waals surface area contributed by atoms with Crippen LogP contribution in [0.25, 0.3) is 5.82 Å². The number of hydrogen-bond donors (Lipinski definition) is 0. The van der Waals surface area contributed by atoms with Crippen molar-refractivity contribution in [3.8, 4) is 11.9 Å². The molecule has 0 atom stereocenters. The molecular formula is C10H5F3N4. The van der Waals surface area contributed by atoms with Crippen molar-refractivity contribution in [2.24, 2.45) is 0 Å². The van der Waals surface area contributed by atoms with Gasteiger partial charge in [0.2, 0.25) is 0 Å². The molecule has 7 heteroatoms. The van der Waals surface area contributed by atoms with E-state index < -0.39 is 11.7 Å². The first-order valence-electron chi connectivity index (χ1n) is 4.50. The van der Waals surface area contributed by atoms with E-state index in [0.717, 1.165) is 10.9 Å². The molecule has 0 N–H and O–H groups in total. The standard InChI is InChI=1S/C10H5F3N4/c11-10(12,13)8-5-16-17(6-8)9-7(4-14)2-1-3-15-9/h1-3,5-6H. The Hall–Kier alpha value is -2.36. The van der Waals surface area contributed by atoms with E-state index in [-0.39, 0.29) is 11.4 Å². The van der Waals surface area contributed by atoms with Crippen molar-refractivity contribution in [1.82, 2.24) is 14.8 Å². The van der Waals surface area contributed by atoms with Gasteiger partial charge < -0.3 is 0 Å². The normalized spacial score (nSPS) is 11.2.